The Labute approximate surface area is 135 Å². The van der Waals surface area contributed by atoms with Gasteiger partial charge in [-0.1, -0.05) is 18.2 Å². The molecule has 1 N–H and O–H groups in total. The third kappa shape index (κ3) is 3.24. The van der Waals surface area contributed by atoms with Gasteiger partial charge in [-0.05, 0) is 39.0 Å². The maximum Gasteiger partial charge on any atom is 0.418 e. The van der Waals surface area contributed by atoms with E-state index < -0.39 is 18.0 Å². The lowest BCUT2D eigenvalue weighted by atomic mass is 9.89. The first-order valence-electron chi connectivity index (χ1n) is 7.69. The number of hydrogen-bond acceptors (Lipinski definition) is 4. The van der Waals surface area contributed by atoms with Crippen LogP contribution < -0.4 is 4.74 Å². The zero-order valence-corrected chi connectivity index (χ0v) is 13.5. The maximum absolute atomic E-state index is 12.4. The number of nitrogens with zero attached hydrogens (tertiary/aromatic N) is 1. The van der Waals surface area contributed by atoms with E-state index >= 15 is 0 Å². The van der Waals surface area contributed by atoms with E-state index in [0.29, 0.717) is 12.2 Å². The monoisotopic (exact) mass is 315 g/mol. The van der Waals surface area contributed by atoms with Crippen LogP contribution in [0.15, 0.2) is 42.6 Å². The highest BCUT2D eigenvalue weighted by Crippen LogP contribution is 2.39. The molecule has 1 aliphatic rings. The Hall–Kier alpha value is -2.27. The van der Waals surface area contributed by atoms with Gasteiger partial charge < -0.3 is 14.6 Å². The lowest BCUT2D eigenvalue weighted by molar-refractivity contribution is -0.0365. The summed E-state index contributed by atoms with van der Waals surface area (Å²) in [4.78, 5) is 12.4. The fraction of sp³-hybridized carbons (Fsp3) is 0.389. The second kappa shape index (κ2) is 5.74. The van der Waals surface area contributed by atoms with Gasteiger partial charge in [0.15, 0.2) is 6.29 Å². The van der Waals surface area contributed by atoms with Crippen molar-refractivity contribution in [3.05, 3.63) is 53.9 Å². The highest BCUT2D eigenvalue weighted by Gasteiger charge is 2.31. The van der Waals surface area contributed by atoms with Crippen LogP contribution >= 0.6 is 0 Å². The minimum absolute atomic E-state index is 0.127. The number of aliphatic hydroxyl groups is 1. The van der Waals surface area contributed by atoms with Crippen molar-refractivity contribution in [2.24, 2.45) is 0 Å². The Balaban J connectivity index is 1.98. The van der Waals surface area contributed by atoms with Crippen molar-refractivity contribution in [2.75, 3.05) is 0 Å². The van der Waals surface area contributed by atoms with Crippen molar-refractivity contribution in [1.82, 2.24) is 4.57 Å². The van der Waals surface area contributed by atoms with Gasteiger partial charge in [-0.25, -0.2) is 4.79 Å². The van der Waals surface area contributed by atoms with Crippen molar-refractivity contribution in [3.8, 4) is 5.75 Å². The van der Waals surface area contributed by atoms with Crippen LogP contribution in [0.3, 0.4) is 0 Å². The first kappa shape index (κ1) is 15.6. The first-order valence-corrected chi connectivity index (χ1v) is 7.69. The molecule has 0 radical (unpaired) electrons. The normalized spacial score (nSPS) is 20.5. The van der Waals surface area contributed by atoms with Gasteiger partial charge in [0.25, 0.3) is 0 Å². The molecule has 0 saturated heterocycles. The van der Waals surface area contributed by atoms with Crippen LogP contribution in [0, 0.1) is 0 Å². The van der Waals surface area contributed by atoms with Crippen LogP contribution in [0.4, 0.5) is 4.79 Å². The highest BCUT2D eigenvalue weighted by atomic mass is 16.6. The average molecular weight is 315 g/mol. The summed E-state index contributed by atoms with van der Waals surface area (Å²) in [6.07, 6.45) is 0.769. The van der Waals surface area contributed by atoms with Gasteiger partial charge in [-0.2, -0.15) is 0 Å². The second-order valence-electron chi connectivity index (χ2n) is 6.68. The van der Waals surface area contributed by atoms with Crippen molar-refractivity contribution >= 4 is 6.09 Å². The van der Waals surface area contributed by atoms with E-state index in [2.05, 4.69) is 0 Å². The van der Waals surface area contributed by atoms with Crippen LogP contribution in [0.5, 0.6) is 5.75 Å². The fourth-order valence-corrected chi connectivity index (χ4v) is 2.83. The van der Waals surface area contributed by atoms with E-state index in [9.17, 15) is 9.90 Å². The Morgan fingerprint density at radius 2 is 2.00 bits per heavy atom. The zero-order chi connectivity index (χ0) is 16.6. The standard InChI is InChI=1S/C18H21NO4/c1-18(2,3)23-17(21)19-10-6-8-14(19)13-11-16(20)22-15-9-5-4-7-12(13)15/h4-10,13,16,20H,11H2,1-3H3/t13?,16-/m1/s1. The fourth-order valence-electron chi connectivity index (χ4n) is 2.83. The molecule has 23 heavy (non-hydrogen) atoms. The summed E-state index contributed by atoms with van der Waals surface area (Å²) in [7, 11) is 0. The van der Waals surface area contributed by atoms with Crippen LogP contribution in [-0.2, 0) is 4.74 Å². The van der Waals surface area contributed by atoms with Gasteiger partial charge in [0.05, 0.1) is 0 Å². The zero-order valence-electron chi connectivity index (χ0n) is 13.5. The van der Waals surface area contributed by atoms with Crippen LogP contribution in [0.25, 0.3) is 0 Å². The van der Waals surface area contributed by atoms with E-state index in [1.165, 1.54) is 4.57 Å². The molecule has 1 aliphatic heterocycles. The Morgan fingerprint density at radius 3 is 2.74 bits per heavy atom. The van der Waals surface area contributed by atoms with E-state index in [1.807, 2.05) is 57.2 Å². The third-order valence-electron chi connectivity index (χ3n) is 3.72. The smallest absolute Gasteiger partial charge is 0.418 e. The number of carbonyl (C=O) groups excluding carboxylic acids is 1. The molecule has 1 aromatic heterocycles. The van der Waals surface area contributed by atoms with Gasteiger partial charge in [-0.3, -0.25) is 4.57 Å². The van der Waals surface area contributed by atoms with Gasteiger partial charge in [0, 0.05) is 29.8 Å². The largest absolute Gasteiger partial charge is 0.465 e. The topological polar surface area (TPSA) is 60.7 Å². The second-order valence-corrected chi connectivity index (χ2v) is 6.68. The molecule has 0 amide bonds. The molecular formula is C18H21NO4. The summed E-state index contributed by atoms with van der Waals surface area (Å²) in [6, 6.07) is 11.3. The SMILES string of the molecule is CC(C)(C)OC(=O)n1cccc1C1C[C@H](O)Oc2ccccc21. The number of para-hydroxylation sites is 1. The molecule has 0 aliphatic carbocycles. The number of hydrogen-bond donors (Lipinski definition) is 1. The van der Waals surface area contributed by atoms with E-state index in [0.717, 1.165) is 11.3 Å². The van der Waals surface area contributed by atoms with Gasteiger partial charge in [-0.15, -0.1) is 0 Å². The summed E-state index contributed by atoms with van der Waals surface area (Å²) in [5.74, 6) is 0.519. The van der Waals surface area contributed by atoms with Gasteiger partial charge in [0.2, 0.25) is 0 Å². The van der Waals surface area contributed by atoms with Crippen molar-refractivity contribution in [2.45, 2.75) is 45.0 Å². The molecule has 3 rings (SSSR count). The molecule has 2 aromatic rings. The van der Waals surface area contributed by atoms with E-state index in [-0.39, 0.29) is 5.92 Å². The number of ether oxygens (including phenoxy) is 2. The molecule has 1 unspecified atom stereocenters. The highest BCUT2D eigenvalue weighted by molar-refractivity contribution is 5.72. The minimum Gasteiger partial charge on any atom is -0.465 e. The molecule has 122 valence electrons. The van der Waals surface area contributed by atoms with Crippen molar-refractivity contribution in [3.63, 3.8) is 0 Å². The predicted molar refractivity (Wildman–Crippen MR) is 85.6 cm³/mol. The van der Waals surface area contributed by atoms with Crippen LogP contribution in [0.2, 0.25) is 0 Å². The molecule has 1 aromatic carbocycles. The average Bonchev–Trinajstić information content (AvgIpc) is 2.93. The van der Waals surface area contributed by atoms with Gasteiger partial charge in [0.1, 0.15) is 11.4 Å². The lowest BCUT2D eigenvalue weighted by Crippen LogP contribution is -2.30. The number of benzene rings is 1. The first-order chi connectivity index (χ1) is 10.8. The molecule has 5 heteroatoms. The maximum atomic E-state index is 12.4. The summed E-state index contributed by atoms with van der Waals surface area (Å²) in [5.41, 5.74) is 1.18. The Morgan fingerprint density at radius 1 is 1.26 bits per heavy atom. The summed E-state index contributed by atoms with van der Waals surface area (Å²) >= 11 is 0. The van der Waals surface area contributed by atoms with Gasteiger partial charge >= 0.3 is 6.09 Å². The quantitative estimate of drug-likeness (QED) is 0.875. The summed E-state index contributed by atoms with van der Waals surface area (Å²) in [6.45, 7) is 5.50. The third-order valence-corrected chi connectivity index (χ3v) is 3.72. The van der Waals surface area contributed by atoms with Crippen LogP contribution in [-0.4, -0.2) is 27.7 Å². The number of fused-ring (bicyclic) bond motifs is 1. The number of aromatic nitrogens is 1. The number of aliphatic hydroxyl groups excluding tert-OH is 1. The summed E-state index contributed by atoms with van der Waals surface area (Å²) < 4.78 is 12.4. The Kier molecular flexibility index (Phi) is 3.90. The molecule has 2 heterocycles. The molecule has 0 spiro atoms. The molecule has 0 saturated carbocycles. The van der Waals surface area contributed by atoms with E-state index in [1.54, 1.807) is 6.20 Å². The summed E-state index contributed by atoms with van der Waals surface area (Å²) in [5, 5.41) is 9.99. The number of carbonyl (C=O) groups is 1. The lowest BCUT2D eigenvalue weighted by Gasteiger charge is -2.30. The van der Waals surface area contributed by atoms with Crippen LogP contribution in [0.1, 0.15) is 44.4 Å². The molecule has 0 bridgehead atoms. The Bertz CT molecular complexity index is 714. The predicted octanol–water partition coefficient (Wildman–Crippen LogP) is 3.50. The molecule has 2 atom stereocenters. The molecule has 5 nitrogen and oxygen atoms in total. The van der Waals surface area contributed by atoms with E-state index in [4.69, 9.17) is 9.47 Å². The van der Waals surface area contributed by atoms with Crippen molar-refractivity contribution in [1.29, 1.82) is 0 Å². The molecule has 0 fully saturated rings. The van der Waals surface area contributed by atoms with Crippen molar-refractivity contribution < 1.29 is 19.4 Å². The molecular weight excluding hydrogens is 294 g/mol. The minimum atomic E-state index is -0.892. The number of rotatable bonds is 1.